The molecule has 2 amide bonds. The molecular weight excluding hydrogens is 158 g/mol. The molecule has 0 aromatic carbocycles. The highest BCUT2D eigenvalue weighted by atomic mass is 19.3. The Kier molecular flexibility index (Phi) is 4.44. The van der Waals surface area contributed by atoms with E-state index in [1.807, 2.05) is 5.32 Å². The molecular formula is C5H10F2N2O2. The van der Waals surface area contributed by atoms with Crippen LogP contribution < -0.4 is 10.6 Å². The van der Waals surface area contributed by atoms with E-state index in [2.05, 4.69) is 5.32 Å². The number of carbonyl (C=O) groups excluding carboxylic acids is 1. The van der Waals surface area contributed by atoms with Crippen LogP contribution in [0.25, 0.3) is 0 Å². The van der Waals surface area contributed by atoms with Crippen LogP contribution in [0.15, 0.2) is 0 Å². The van der Waals surface area contributed by atoms with Crippen LogP contribution in [0.2, 0.25) is 0 Å². The molecule has 6 heteroatoms. The molecule has 0 saturated carbocycles. The third kappa shape index (κ3) is 4.49. The fourth-order valence-corrected chi connectivity index (χ4v) is 0.375. The second-order valence-corrected chi connectivity index (χ2v) is 1.86. The molecule has 0 aliphatic heterocycles. The fourth-order valence-electron chi connectivity index (χ4n) is 0.375. The smallest absolute Gasteiger partial charge is 0.314 e. The molecule has 0 radical (unpaired) electrons. The summed E-state index contributed by atoms with van der Waals surface area (Å²) in [5.41, 5.74) is 0. The first-order valence-electron chi connectivity index (χ1n) is 2.99. The van der Waals surface area contributed by atoms with E-state index in [9.17, 15) is 13.6 Å². The summed E-state index contributed by atoms with van der Waals surface area (Å²) in [6, 6.07) is -0.593. The minimum Gasteiger partial charge on any atom is -0.385 e. The SMILES string of the molecule is CNC(=O)NCC(O)C(F)F. The number of nitrogens with one attached hydrogen (secondary N) is 2. The van der Waals surface area contributed by atoms with Crippen molar-refractivity contribution in [2.24, 2.45) is 0 Å². The highest BCUT2D eigenvalue weighted by molar-refractivity contribution is 5.73. The first-order chi connectivity index (χ1) is 5.07. The lowest BCUT2D eigenvalue weighted by Crippen LogP contribution is -2.40. The first-order valence-corrected chi connectivity index (χ1v) is 2.99. The van der Waals surface area contributed by atoms with Crippen LogP contribution in [0.5, 0.6) is 0 Å². The van der Waals surface area contributed by atoms with Gasteiger partial charge >= 0.3 is 6.03 Å². The minimum atomic E-state index is -2.83. The van der Waals surface area contributed by atoms with Gasteiger partial charge in [-0.15, -0.1) is 0 Å². The van der Waals surface area contributed by atoms with Gasteiger partial charge in [-0.2, -0.15) is 0 Å². The van der Waals surface area contributed by atoms with Gasteiger partial charge in [0.2, 0.25) is 0 Å². The summed E-state index contributed by atoms with van der Waals surface area (Å²) in [6.45, 7) is -0.447. The highest BCUT2D eigenvalue weighted by Gasteiger charge is 2.16. The lowest BCUT2D eigenvalue weighted by molar-refractivity contribution is -0.00172. The number of hydrogen-bond acceptors (Lipinski definition) is 2. The lowest BCUT2D eigenvalue weighted by Gasteiger charge is -2.09. The number of urea groups is 1. The van der Waals surface area contributed by atoms with E-state index in [1.165, 1.54) is 7.05 Å². The van der Waals surface area contributed by atoms with Crippen molar-refractivity contribution in [3.05, 3.63) is 0 Å². The largest absolute Gasteiger partial charge is 0.385 e. The van der Waals surface area contributed by atoms with Gasteiger partial charge in [0, 0.05) is 7.05 Å². The first kappa shape index (κ1) is 10.1. The van der Waals surface area contributed by atoms with Gasteiger partial charge in [0.15, 0.2) is 0 Å². The lowest BCUT2D eigenvalue weighted by atomic mass is 10.4. The van der Waals surface area contributed by atoms with Crippen LogP contribution in [0, 0.1) is 0 Å². The van der Waals surface area contributed by atoms with Gasteiger partial charge in [0.1, 0.15) is 6.10 Å². The average Bonchev–Trinajstić information content (AvgIpc) is 1.99. The second-order valence-electron chi connectivity index (χ2n) is 1.86. The third-order valence-corrected chi connectivity index (χ3v) is 0.990. The predicted molar refractivity (Wildman–Crippen MR) is 34.5 cm³/mol. The molecule has 0 rings (SSSR count). The molecule has 0 fully saturated rings. The Morgan fingerprint density at radius 1 is 1.64 bits per heavy atom. The monoisotopic (exact) mass is 168 g/mol. The minimum absolute atomic E-state index is 0.447. The highest BCUT2D eigenvalue weighted by Crippen LogP contribution is 1.97. The van der Waals surface area contributed by atoms with Gasteiger partial charge in [0.25, 0.3) is 6.43 Å². The van der Waals surface area contributed by atoms with Crippen LogP contribution in [-0.2, 0) is 0 Å². The molecule has 0 saturated heterocycles. The van der Waals surface area contributed by atoms with Crippen LogP contribution in [0.4, 0.5) is 13.6 Å². The Bertz CT molecular complexity index is 132. The fraction of sp³-hybridized carbons (Fsp3) is 0.800. The molecule has 66 valence electrons. The maximum Gasteiger partial charge on any atom is 0.314 e. The van der Waals surface area contributed by atoms with Gasteiger partial charge in [-0.05, 0) is 0 Å². The number of hydrogen-bond donors (Lipinski definition) is 3. The Morgan fingerprint density at radius 3 is 2.55 bits per heavy atom. The summed E-state index contributed by atoms with van der Waals surface area (Å²) < 4.78 is 23.1. The van der Waals surface area contributed by atoms with E-state index in [1.54, 1.807) is 0 Å². The van der Waals surface area contributed by atoms with E-state index in [4.69, 9.17) is 5.11 Å². The zero-order valence-electron chi connectivity index (χ0n) is 5.97. The quantitative estimate of drug-likeness (QED) is 0.534. The van der Waals surface area contributed by atoms with Crippen LogP contribution in [0.1, 0.15) is 0 Å². The van der Waals surface area contributed by atoms with Crippen molar-refractivity contribution in [3.8, 4) is 0 Å². The summed E-state index contributed by atoms with van der Waals surface area (Å²) >= 11 is 0. The average molecular weight is 168 g/mol. The van der Waals surface area contributed by atoms with E-state index < -0.39 is 25.1 Å². The zero-order chi connectivity index (χ0) is 8.85. The van der Waals surface area contributed by atoms with Crippen molar-refractivity contribution < 1.29 is 18.7 Å². The summed E-state index contributed by atoms with van der Waals surface area (Å²) in [7, 11) is 1.35. The normalized spacial score (nSPS) is 12.8. The molecule has 1 atom stereocenters. The van der Waals surface area contributed by atoms with E-state index in [0.29, 0.717) is 0 Å². The number of carbonyl (C=O) groups is 1. The molecule has 0 spiro atoms. The number of rotatable bonds is 3. The van der Waals surface area contributed by atoms with Crippen molar-refractivity contribution >= 4 is 6.03 Å². The number of halogens is 2. The van der Waals surface area contributed by atoms with Crippen molar-refractivity contribution in [1.82, 2.24) is 10.6 Å². The molecule has 0 heterocycles. The zero-order valence-corrected chi connectivity index (χ0v) is 5.97. The summed E-state index contributed by atoms with van der Waals surface area (Å²) in [4.78, 5) is 10.4. The molecule has 0 aliphatic carbocycles. The molecule has 0 aromatic rings. The predicted octanol–water partition coefficient (Wildman–Crippen LogP) is -0.459. The number of aliphatic hydroxyl groups is 1. The molecule has 0 bridgehead atoms. The molecule has 4 nitrogen and oxygen atoms in total. The topological polar surface area (TPSA) is 61.4 Å². The van der Waals surface area contributed by atoms with Crippen molar-refractivity contribution in [2.45, 2.75) is 12.5 Å². The Morgan fingerprint density at radius 2 is 2.18 bits per heavy atom. The molecule has 0 aromatic heterocycles. The van der Waals surface area contributed by atoms with Crippen LogP contribution in [-0.4, -0.2) is 37.3 Å². The van der Waals surface area contributed by atoms with Gasteiger partial charge in [-0.1, -0.05) is 0 Å². The van der Waals surface area contributed by atoms with Crippen molar-refractivity contribution in [2.75, 3.05) is 13.6 Å². The molecule has 3 N–H and O–H groups in total. The number of amides is 2. The molecule has 1 unspecified atom stereocenters. The van der Waals surface area contributed by atoms with E-state index in [0.717, 1.165) is 0 Å². The van der Waals surface area contributed by atoms with Gasteiger partial charge < -0.3 is 15.7 Å². The van der Waals surface area contributed by atoms with E-state index >= 15 is 0 Å². The van der Waals surface area contributed by atoms with Crippen LogP contribution in [0.3, 0.4) is 0 Å². The Hall–Kier alpha value is -0.910. The van der Waals surface area contributed by atoms with Crippen molar-refractivity contribution in [3.63, 3.8) is 0 Å². The second kappa shape index (κ2) is 4.84. The Balaban J connectivity index is 3.45. The van der Waals surface area contributed by atoms with Gasteiger partial charge in [-0.25, -0.2) is 13.6 Å². The number of alkyl halides is 2. The van der Waals surface area contributed by atoms with Crippen molar-refractivity contribution in [1.29, 1.82) is 0 Å². The third-order valence-electron chi connectivity index (χ3n) is 0.990. The summed E-state index contributed by atoms with van der Waals surface area (Å²) in [5, 5.41) is 12.7. The van der Waals surface area contributed by atoms with Gasteiger partial charge in [-0.3, -0.25) is 0 Å². The number of aliphatic hydroxyl groups excluding tert-OH is 1. The summed E-state index contributed by atoms with van der Waals surface area (Å²) in [6.07, 6.45) is -4.63. The maximum atomic E-state index is 11.6. The maximum absolute atomic E-state index is 11.6. The van der Waals surface area contributed by atoms with E-state index in [-0.39, 0.29) is 0 Å². The Labute approximate surface area is 62.6 Å². The van der Waals surface area contributed by atoms with Gasteiger partial charge in [0.05, 0.1) is 6.54 Å². The molecule has 11 heavy (non-hydrogen) atoms. The van der Waals surface area contributed by atoms with Crippen LogP contribution >= 0.6 is 0 Å². The standard InChI is InChI=1S/C5H10F2N2O2/c1-8-5(11)9-2-3(10)4(6)7/h3-4,10H,2H2,1H3,(H2,8,9,11). The molecule has 0 aliphatic rings. The summed E-state index contributed by atoms with van der Waals surface area (Å²) in [5.74, 6) is 0.